The molecule has 0 aliphatic heterocycles. The second kappa shape index (κ2) is 5.02. The molecular weight excluding hydrogens is 218 g/mol. The minimum atomic E-state index is -0.178. The zero-order chi connectivity index (χ0) is 12.1. The van der Waals surface area contributed by atoms with Gasteiger partial charge in [-0.15, -0.1) is 0 Å². The number of carbonyl (C=O) groups is 1. The van der Waals surface area contributed by atoms with E-state index in [-0.39, 0.29) is 5.91 Å². The average molecular weight is 229 g/mol. The van der Waals surface area contributed by atoms with Gasteiger partial charge in [-0.1, -0.05) is 6.08 Å². The summed E-state index contributed by atoms with van der Waals surface area (Å²) in [7, 11) is 0. The van der Waals surface area contributed by atoms with Crippen LogP contribution in [0.25, 0.3) is 5.82 Å². The van der Waals surface area contributed by atoms with E-state index in [0.717, 1.165) is 0 Å². The molecule has 2 aromatic heterocycles. The Labute approximate surface area is 98.0 Å². The Morgan fingerprint density at radius 2 is 2.35 bits per heavy atom. The van der Waals surface area contributed by atoms with E-state index in [1.165, 1.54) is 17.1 Å². The van der Waals surface area contributed by atoms with Gasteiger partial charge in [0.1, 0.15) is 12.7 Å². The highest BCUT2D eigenvalue weighted by molar-refractivity contribution is 5.99. The van der Waals surface area contributed by atoms with Crippen molar-refractivity contribution < 1.29 is 4.79 Å². The van der Waals surface area contributed by atoms with E-state index < -0.39 is 0 Å². The molecule has 0 atom stereocenters. The van der Waals surface area contributed by atoms with E-state index in [1.807, 2.05) is 0 Å². The maximum absolute atomic E-state index is 11.3. The molecule has 0 bridgehead atoms. The van der Waals surface area contributed by atoms with Crippen molar-refractivity contribution in [2.24, 2.45) is 0 Å². The van der Waals surface area contributed by atoms with E-state index in [1.54, 1.807) is 37.7 Å². The molecule has 2 rings (SSSR count). The molecule has 0 fully saturated rings. The molecule has 86 valence electrons. The van der Waals surface area contributed by atoms with E-state index in [2.05, 4.69) is 20.4 Å². The maximum atomic E-state index is 11.3. The van der Waals surface area contributed by atoms with Crippen LogP contribution in [-0.4, -0.2) is 25.7 Å². The van der Waals surface area contributed by atoms with Crippen molar-refractivity contribution in [1.29, 1.82) is 0 Å². The highest BCUT2D eigenvalue weighted by Gasteiger charge is 2.00. The summed E-state index contributed by atoms with van der Waals surface area (Å²) in [5.41, 5.74) is 0.636. The number of amides is 1. The first kappa shape index (κ1) is 11.0. The van der Waals surface area contributed by atoms with Gasteiger partial charge in [0, 0.05) is 0 Å². The number of pyridine rings is 1. The van der Waals surface area contributed by atoms with Gasteiger partial charge in [-0.25, -0.2) is 14.6 Å². The summed E-state index contributed by atoms with van der Waals surface area (Å²) in [6.07, 6.45) is 7.68. The molecule has 0 spiro atoms. The summed E-state index contributed by atoms with van der Waals surface area (Å²) < 4.78 is 1.54. The molecular formula is C11H11N5O. The molecule has 0 unspecified atom stereocenters. The average Bonchev–Trinajstić information content (AvgIpc) is 2.84. The third-order valence-corrected chi connectivity index (χ3v) is 1.99. The number of nitrogens with one attached hydrogen (secondary N) is 1. The van der Waals surface area contributed by atoms with E-state index in [4.69, 9.17) is 0 Å². The Morgan fingerprint density at radius 3 is 2.94 bits per heavy atom. The van der Waals surface area contributed by atoms with Crippen molar-refractivity contribution >= 4 is 11.6 Å². The molecule has 6 heteroatoms. The van der Waals surface area contributed by atoms with Crippen molar-refractivity contribution in [3.8, 4) is 5.82 Å². The Morgan fingerprint density at radius 1 is 1.47 bits per heavy atom. The molecule has 6 nitrogen and oxygen atoms in total. The maximum Gasteiger partial charge on any atom is 0.248 e. The van der Waals surface area contributed by atoms with Crippen LogP contribution in [0.15, 0.2) is 43.1 Å². The summed E-state index contributed by atoms with van der Waals surface area (Å²) >= 11 is 0. The second-order valence-corrected chi connectivity index (χ2v) is 3.23. The van der Waals surface area contributed by atoms with Crippen LogP contribution in [0.2, 0.25) is 0 Å². The topological polar surface area (TPSA) is 72.7 Å². The Kier molecular flexibility index (Phi) is 3.25. The van der Waals surface area contributed by atoms with Crippen LogP contribution in [0.5, 0.6) is 0 Å². The SMILES string of the molecule is CC=CC(=O)Nc1ccc(-n2cncn2)nc1. The highest BCUT2D eigenvalue weighted by atomic mass is 16.1. The number of anilines is 1. The lowest BCUT2D eigenvalue weighted by atomic mass is 10.4. The number of hydrogen-bond donors (Lipinski definition) is 1. The van der Waals surface area contributed by atoms with Crippen molar-refractivity contribution in [2.75, 3.05) is 5.32 Å². The predicted molar refractivity (Wildman–Crippen MR) is 62.6 cm³/mol. The minimum absolute atomic E-state index is 0.178. The van der Waals surface area contributed by atoms with Crippen LogP contribution in [-0.2, 0) is 4.79 Å². The zero-order valence-corrected chi connectivity index (χ0v) is 9.24. The normalized spacial score (nSPS) is 10.6. The number of nitrogens with zero attached hydrogens (tertiary/aromatic N) is 4. The molecule has 0 saturated heterocycles. The van der Waals surface area contributed by atoms with Crippen LogP contribution in [0.1, 0.15) is 6.92 Å². The molecule has 0 aromatic carbocycles. The van der Waals surface area contributed by atoms with E-state index in [0.29, 0.717) is 11.5 Å². The molecule has 0 radical (unpaired) electrons. The number of rotatable bonds is 3. The molecule has 0 aliphatic carbocycles. The molecule has 0 aliphatic rings. The van der Waals surface area contributed by atoms with Gasteiger partial charge in [-0.2, -0.15) is 5.10 Å². The van der Waals surface area contributed by atoms with Crippen molar-refractivity contribution in [3.63, 3.8) is 0 Å². The Balaban J connectivity index is 2.11. The third kappa shape index (κ3) is 2.75. The largest absolute Gasteiger partial charge is 0.321 e. The molecule has 0 saturated carbocycles. The lowest BCUT2D eigenvalue weighted by Crippen LogP contribution is -2.08. The van der Waals surface area contributed by atoms with Gasteiger partial charge in [-0.05, 0) is 25.1 Å². The lowest BCUT2D eigenvalue weighted by molar-refractivity contribution is -0.111. The standard InChI is InChI=1S/C11H11N5O/c1-2-3-11(17)15-9-4-5-10(13-6-9)16-8-12-7-14-16/h2-8H,1H3,(H,15,17). The number of aromatic nitrogens is 4. The van der Waals surface area contributed by atoms with Crippen molar-refractivity contribution in [2.45, 2.75) is 6.92 Å². The number of allylic oxidation sites excluding steroid dienone is 1. The molecule has 1 amide bonds. The first-order chi connectivity index (χ1) is 8.29. The molecule has 17 heavy (non-hydrogen) atoms. The summed E-state index contributed by atoms with van der Waals surface area (Å²) in [6, 6.07) is 3.51. The number of carbonyl (C=O) groups excluding carboxylic acids is 1. The Bertz CT molecular complexity index is 515. The number of hydrogen-bond acceptors (Lipinski definition) is 4. The lowest BCUT2D eigenvalue weighted by Gasteiger charge is -2.03. The fourth-order valence-electron chi connectivity index (χ4n) is 1.26. The van der Waals surface area contributed by atoms with Crippen LogP contribution >= 0.6 is 0 Å². The van der Waals surface area contributed by atoms with Crippen molar-refractivity contribution in [3.05, 3.63) is 43.1 Å². The summed E-state index contributed by atoms with van der Waals surface area (Å²) in [5, 5.41) is 6.63. The van der Waals surface area contributed by atoms with E-state index >= 15 is 0 Å². The minimum Gasteiger partial charge on any atom is -0.321 e. The third-order valence-electron chi connectivity index (χ3n) is 1.99. The molecule has 1 N–H and O–H groups in total. The van der Waals surface area contributed by atoms with Gasteiger partial charge in [0.15, 0.2) is 5.82 Å². The molecule has 2 heterocycles. The zero-order valence-electron chi connectivity index (χ0n) is 9.24. The highest BCUT2D eigenvalue weighted by Crippen LogP contribution is 2.08. The second-order valence-electron chi connectivity index (χ2n) is 3.23. The quantitative estimate of drug-likeness (QED) is 0.802. The fraction of sp³-hybridized carbons (Fsp3) is 0.0909. The smallest absolute Gasteiger partial charge is 0.248 e. The Hall–Kier alpha value is -2.50. The van der Waals surface area contributed by atoms with Crippen molar-refractivity contribution in [1.82, 2.24) is 19.7 Å². The first-order valence-electron chi connectivity index (χ1n) is 5.04. The summed E-state index contributed by atoms with van der Waals surface area (Å²) in [4.78, 5) is 19.3. The summed E-state index contributed by atoms with van der Waals surface area (Å²) in [6.45, 7) is 1.78. The van der Waals surface area contributed by atoms with E-state index in [9.17, 15) is 4.79 Å². The van der Waals surface area contributed by atoms with Crippen LogP contribution in [0.4, 0.5) is 5.69 Å². The molecule has 2 aromatic rings. The van der Waals surface area contributed by atoms with Crippen LogP contribution < -0.4 is 5.32 Å². The predicted octanol–water partition coefficient (Wildman–Crippen LogP) is 1.18. The van der Waals surface area contributed by atoms with Gasteiger partial charge >= 0.3 is 0 Å². The van der Waals surface area contributed by atoms with Gasteiger partial charge in [0.25, 0.3) is 0 Å². The van der Waals surface area contributed by atoms with Gasteiger partial charge in [0.2, 0.25) is 5.91 Å². The van der Waals surface area contributed by atoms with Crippen LogP contribution in [0, 0.1) is 0 Å². The fourth-order valence-corrected chi connectivity index (χ4v) is 1.26. The summed E-state index contributed by atoms with van der Waals surface area (Å²) in [5.74, 6) is 0.467. The van der Waals surface area contributed by atoms with Crippen LogP contribution in [0.3, 0.4) is 0 Å². The monoisotopic (exact) mass is 229 g/mol. The van der Waals surface area contributed by atoms with Gasteiger partial charge in [0.05, 0.1) is 11.9 Å². The van der Waals surface area contributed by atoms with Gasteiger partial charge in [-0.3, -0.25) is 4.79 Å². The first-order valence-corrected chi connectivity index (χ1v) is 5.04. The van der Waals surface area contributed by atoms with Gasteiger partial charge < -0.3 is 5.32 Å².